The summed E-state index contributed by atoms with van der Waals surface area (Å²) in [6.45, 7) is 2.84. The minimum absolute atomic E-state index is 0. The monoisotopic (exact) mass is 384 g/mol. The second kappa shape index (κ2) is 7.87. The van der Waals surface area contributed by atoms with E-state index in [1.54, 1.807) is 0 Å². The maximum absolute atomic E-state index is 5.30. The van der Waals surface area contributed by atoms with E-state index in [0.717, 1.165) is 35.5 Å². The molecule has 3 rings (SSSR count). The first-order valence-electron chi connectivity index (χ1n) is 6.90. The minimum Gasteiger partial charge on any atom is -0.335 e. The molecule has 0 saturated carbocycles. The van der Waals surface area contributed by atoms with Crippen LogP contribution in [0.4, 0.5) is 0 Å². The Balaban J connectivity index is 0.00000176. The molecule has 1 atom stereocenters. The summed E-state index contributed by atoms with van der Waals surface area (Å²) in [4.78, 5) is 6.70. The van der Waals surface area contributed by atoms with Crippen molar-refractivity contribution in [3.8, 4) is 0 Å². The SMILES string of the molecule is CN1CCNCC1c1noc(/C=C/c2cccc(Br)c2)n1.Cl. The molecule has 0 radical (unpaired) electrons. The summed E-state index contributed by atoms with van der Waals surface area (Å²) in [5.41, 5.74) is 1.08. The maximum Gasteiger partial charge on any atom is 0.250 e. The van der Waals surface area contributed by atoms with Crippen molar-refractivity contribution in [3.63, 3.8) is 0 Å². The van der Waals surface area contributed by atoms with Crippen LogP contribution >= 0.6 is 28.3 Å². The number of halogens is 2. The van der Waals surface area contributed by atoms with Gasteiger partial charge >= 0.3 is 0 Å². The fourth-order valence-corrected chi connectivity index (χ4v) is 2.74. The highest BCUT2D eigenvalue weighted by Crippen LogP contribution is 2.18. The van der Waals surface area contributed by atoms with Crippen LogP contribution in [0.3, 0.4) is 0 Å². The van der Waals surface area contributed by atoms with Gasteiger partial charge in [-0.25, -0.2) is 0 Å². The van der Waals surface area contributed by atoms with E-state index in [1.807, 2.05) is 36.4 Å². The van der Waals surface area contributed by atoms with Crippen molar-refractivity contribution >= 4 is 40.5 Å². The molecular weight excluding hydrogens is 368 g/mol. The molecule has 0 aliphatic carbocycles. The molecule has 5 nitrogen and oxygen atoms in total. The lowest BCUT2D eigenvalue weighted by Crippen LogP contribution is -2.44. The van der Waals surface area contributed by atoms with Crippen molar-refractivity contribution in [3.05, 3.63) is 46.0 Å². The van der Waals surface area contributed by atoms with Gasteiger partial charge in [0.05, 0.1) is 6.04 Å². The van der Waals surface area contributed by atoms with Gasteiger partial charge in [-0.05, 0) is 30.8 Å². The van der Waals surface area contributed by atoms with Crippen molar-refractivity contribution in [2.75, 3.05) is 26.7 Å². The summed E-state index contributed by atoms with van der Waals surface area (Å²) in [7, 11) is 2.08. The van der Waals surface area contributed by atoms with Crippen molar-refractivity contribution in [2.24, 2.45) is 0 Å². The Morgan fingerprint density at radius 1 is 1.41 bits per heavy atom. The van der Waals surface area contributed by atoms with E-state index in [4.69, 9.17) is 4.52 Å². The molecule has 1 aromatic carbocycles. The predicted molar refractivity (Wildman–Crippen MR) is 92.9 cm³/mol. The van der Waals surface area contributed by atoms with Crippen LogP contribution in [0, 0.1) is 0 Å². The van der Waals surface area contributed by atoms with Crippen LogP contribution in [0.25, 0.3) is 12.2 Å². The summed E-state index contributed by atoms with van der Waals surface area (Å²) >= 11 is 3.45. The third-order valence-electron chi connectivity index (χ3n) is 3.53. The summed E-state index contributed by atoms with van der Waals surface area (Å²) in [6, 6.07) is 8.22. The number of likely N-dealkylation sites (N-methyl/N-ethyl adjacent to an activating group) is 1. The van der Waals surface area contributed by atoms with Gasteiger partial charge in [-0.3, -0.25) is 4.90 Å². The molecule has 118 valence electrons. The lowest BCUT2D eigenvalue weighted by Gasteiger charge is -2.30. The third-order valence-corrected chi connectivity index (χ3v) is 4.03. The van der Waals surface area contributed by atoms with Crippen LogP contribution in [0.1, 0.15) is 23.3 Å². The number of nitrogens with one attached hydrogen (secondary N) is 1. The lowest BCUT2D eigenvalue weighted by molar-refractivity contribution is 0.190. The molecule has 0 bridgehead atoms. The summed E-state index contributed by atoms with van der Waals surface area (Å²) in [6.07, 6.45) is 3.80. The van der Waals surface area contributed by atoms with Crippen LogP contribution in [0.2, 0.25) is 0 Å². The smallest absolute Gasteiger partial charge is 0.250 e. The zero-order chi connectivity index (χ0) is 14.7. The molecule has 1 unspecified atom stereocenters. The molecular formula is C15H18BrClN4O. The predicted octanol–water partition coefficient (Wildman–Crippen LogP) is 3.00. The second-order valence-corrected chi connectivity index (χ2v) is 6.00. The highest BCUT2D eigenvalue weighted by Gasteiger charge is 2.24. The first-order valence-corrected chi connectivity index (χ1v) is 7.70. The van der Waals surface area contributed by atoms with Gasteiger partial charge in [-0.15, -0.1) is 12.4 Å². The van der Waals surface area contributed by atoms with Gasteiger partial charge in [0.25, 0.3) is 5.89 Å². The van der Waals surface area contributed by atoms with Crippen molar-refractivity contribution < 1.29 is 4.52 Å². The van der Waals surface area contributed by atoms with Crippen LogP contribution in [0.5, 0.6) is 0 Å². The van der Waals surface area contributed by atoms with Gasteiger partial charge in [0, 0.05) is 30.2 Å². The van der Waals surface area contributed by atoms with E-state index < -0.39 is 0 Å². The van der Waals surface area contributed by atoms with Crippen molar-refractivity contribution in [2.45, 2.75) is 6.04 Å². The number of aromatic nitrogens is 2. The van der Waals surface area contributed by atoms with Gasteiger partial charge in [0.15, 0.2) is 5.82 Å². The number of rotatable bonds is 3. The quantitative estimate of drug-likeness (QED) is 0.880. The van der Waals surface area contributed by atoms with Gasteiger partial charge in [0.1, 0.15) is 0 Å². The van der Waals surface area contributed by atoms with E-state index >= 15 is 0 Å². The first kappa shape index (κ1) is 17.1. The van der Waals surface area contributed by atoms with Crippen LogP contribution in [0.15, 0.2) is 33.3 Å². The van der Waals surface area contributed by atoms with Crippen LogP contribution in [-0.2, 0) is 0 Å². The largest absolute Gasteiger partial charge is 0.335 e. The topological polar surface area (TPSA) is 54.2 Å². The maximum atomic E-state index is 5.30. The Morgan fingerprint density at radius 2 is 2.27 bits per heavy atom. The molecule has 0 spiro atoms. The summed E-state index contributed by atoms with van der Waals surface area (Å²) in [5.74, 6) is 1.27. The second-order valence-electron chi connectivity index (χ2n) is 5.08. The van der Waals surface area contributed by atoms with Crippen LogP contribution < -0.4 is 5.32 Å². The molecule has 7 heteroatoms. The Kier molecular flexibility index (Phi) is 6.14. The van der Waals surface area contributed by atoms with Gasteiger partial charge in [-0.1, -0.05) is 33.2 Å². The van der Waals surface area contributed by atoms with E-state index in [9.17, 15) is 0 Å². The average Bonchev–Trinajstić information content (AvgIpc) is 2.94. The van der Waals surface area contributed by atoms with E-state index in [0.29, 0.717) is 5.89 Å². The highest BCUT2D eigenvalue weighted by molar-refractivity contribution is 9.10. The fraction of sp³-hybridized carbons (Fsp3) is 0.333. The van der Waals surface area contributed by atoms with Crippen molar-refractivity contribution in [1.29, 1.82) is 0 Å². The fourth-order valence-electron chi connectivity index (χ4n) is 2.32. The molecule has 0 amide bonds. The van der Waals surface area contributed by atoms with Gasteiger partial charge in [0.2, 0.25) is 0 Å². The minimum atomic E-state index is 0. The molecule has 1 saturated heterocycles. The normalized spacial score (nSPS) is 19.3. The highest BCUT2D eigenvalue weighted by atomic mass is 79.9. The van der Waals surface area contributed by atoms with Crippen molar-refractivity contribution in [1.82, 2.24) is 20.4 Å². The lowest BCUT2D eigenvalue weighted by atomic mass is 10.2. The molecule has 1 aromatic heterocycles. The zero-order valence-electron chi connectivity index (χ0n) is 12.2. The number of benzene rings is 1. The summed E-state index contributed by atoms with van der Waals surface area (Å²) < 4.78 is 6.35. The third kappa shape index (κ3) is 4.16. The molecule has 22 heavy (non-hydrogen) atoms. The van der Waals surface area contributed by atoms with E-state index in [-0.39, 0.29) is 18.4 Å². The first-order chi connectivity index (χ1) is 10.2. The Morgan fingerprint density at radius 3 is 3.05 bits per heavy atom. The molecule has 1 aliphatic heterocycles. The van der Waals surface area contributed by atoms with E-state index in [1.165, 1.54) is 0 Å². The Labute approximate surface area is 144 Å². The van der Waals surface area contributed by atoms with Gasteiger partial charge in [-0.2, -0.15) is 4.98 Å². The van der Waals surface area contributed by atoms with E-state index in [2.05, 4.69) is 43.3 Å². The molecule has 2 aromatic rings. The summed E-state index contributed by atoms with van der Waals surface area (Å²) in [5, 5.41) is 7.44. The Bertz CT molecular complexity index is 646. The number of hydrogen-bond acceptors (Lipinski definition) is 5. The van der Waals surface area contributed by atoms with Crippen LogP contribution in [-0.4, -0.2) is 41.7 Å². The molecule has 1 fully saturated rings. The molecule has 1 aliphatic rings. The van der Waals surface area contributed by atoms with Gasteiger partial charge < -0.3 is 9.84 Å². The number of nitrogens with zero attached hydrogens (tertiary/aromatic N) is 3. The molecule has 2 heterocycles. The number of hydrogen-bond donors (Lipinski definition) is 1. The number of piperazine rings is 1. The molecule has 1 N–H and O–H groups in total. The Hall–Kier alpha value is -1.21. The standard InChI is InChI=1S/C15H17BrN4O.ClH/c1-20-8-7-17-10-13(20)15-18-14(21-19-15)6-5-11-3-2-4-12(16)9-11;/h2-6,9,13,17H,7-8,10H2,1H3;1H/b6-5+;. The average molecular weight is 386 g/mol. The zero-order valence-corrected chi connectivity index (χ0v) is 14.6.